The Morgan fingerprint density at radius 1 is 1.11 bits per heavy atom. The van der Waals surface area contributed by atoms with Gasteiger partial charge in [-0.1, -0.05) is 18.2 Å². The van der Waals surface area contributed by atoms with Crippen molar-refractivity contribution in [1.82, 2.24) is 14.3 Å². The Balaban J connectivity index is 1.45. The van der Waals surface area contributed by atoms with Gasteiger partial charge in [0.05, 0.1) is 24.7 Å². The minimum Gasteiger partial charge on any atom is -0.481 e. The van der Waals surface area contributed by atoms with E-state index in [0.29, 0.717) is 49.6 Å². The molecular formula is C28H32F2N4O3S. The molecule has 0 saturated heterocycles. The molecule has 0 bridgehead atoms. The summed E-state index contributed by atoms with van der Waals surface area (Å²) in [6, 6.07) is 8.95. The zero-order valence-corrected chi connectivity index (χ0v) is 23.1. The third-order valence-corrected chi connectivity index (χ3v) is 8.28. The molecule has 2 aromatic carbocycles. The van der Waals surface area contributed by atoms with E-state index in [2.05, 4.69) is 14.9 Å². The lowest BCUT2D eigenvalue weighted by atomic mass is 9.97. The zero-order chi connectivity index (χ0) is 27.4. The van der Waals surface area contributed by atoms with Gasteiger partial charge < -0.3 is 9.64 Å². The average Bonchev–Trinajstić information content (AvgIpc) is 2.84. The van der Waals surface area contributed by atoms with Crippen molar-refractivity contribution >= 4 is 15.7 Å². The second-order valence-electron chi connectivity index (χ2n) is 11.0. The van der Waals surface area contributed by atoms with Crippen LogP contribution in [-0.4, -0.2) is 53.7 Å². The summed E-state index contributed by atoms with van der Waals surface area (Å²) >= 11 is 0. The number of nitrogens with zero attached hydrogens (tertiary/aromatic N) is 4. The number of hydrogen-bond donors (Lipinski definition) is 0. The first-order chi connectivity index (χ1) is 17.8. The smallest absolute Gasteiger partial charge is 0.211 e. The van der Waals surface area contributed by atoms with Gasteiger partial charge in [-0.25, -0.2) is 27.2 Å². The molecule has 2 aliphatic heterocycles. The van der Waals surface area contributed by atoms with Crippen LogP contribution in [0.2, 0.25) is 0 Å². The molecule has 10 heteroatoms. The number of anilines is 1. The second kappa shape index (κ2) is 9.57. The fourth-order valence-corrected chi connectivity index (χ4v) is 5.94. The molecule has 0 atom stereocenters. The molecule has 7 nitrogen and oxygen atoms in total. The fraction of sp³-hybridized carbons (Fsp3) is 0.429. The van der Waals surface area contributed by atoms with Crippen LogP contribution in [0.1, 0.15) is 50.2 Å². The molecule has 0 aliphatic carbocycles. The normalized spacial score (nSPS) is 17.2. The van der Waals surface area contributed by atoms with Gasteiger partial charge in [0.25, 0.3) is 0 Å². The van der Waals surface area contributed by atoms with Crippen LogP contribution in [0.15, 0.2) is 36.5 Å². The van der Waals surface area contributed by atoms with Crippen LogP contribution < -0.4 is 9.64 Å². The number of ether oxygens (including phenoxy) is 1. The molecule has 0 radical (unpaired) electrons. The molecule has 1 aromatic heterocycles. The molecule has 3 heterocycles. The van der Waals surface area contributed by atoms with Gasteiger partial charge >= 0.3 is 0 Å². The van der Waals surface area contributed by atoms with Crippen molar-refractivity contribution in [3.63, 3.8) is 0 Å². The lowest BCUT2D eigenvalue weighted by molar-refractivity contribution is 0.0967. The van der Waals surface area contributed by atoms with Gasteiger partial charge in [-0.3, -0.25) is 0 Å². The van der Waals surface area contributed by atoms with Crippen molar-refractivity contribution in [3.05, 3.63) is 70.7 Å². The first-order valence-electron chi connectivity index (χ1n) is 12.7. The largest absolute Gasteiger partial charge is 0.481 e. The van der Waals surface area contributed by atoms with Crippen LogP contribution in [0.5, 0.6) is 5.75 Å². The van der Waals surface area contributed by atoms with E-state index in [9.17, 15) is 12.8 Å². The van der Waals surface area contributed by atoms with Gasteiger partial charge in [0, 0.05) is 31.1 Å². The van der Waals surface area contributed by atoms with Gasteiger partial charge in [-0.05, 0) is 62.9 Å². The maximum absolute atomic E-state index is 15.3. The maximum Gasteiger partial charge on any atom is 0.211 e. The molecular weight excluding hydrogens is 510 g/mol. The molecule has 3 aromatic rings. The number of aromatic nitrogens is 2. The van der Waals surface area contributed by atoms with E-state index >= 15 is 4.39 Å². The zero-order valence-electron chi connectivity index (χ0n) is 22.3. The number of hydrogen-bond acceptors (Lipinski definition) is 6. The molecule has 0 amide bonds. The minimum absolute atomic E-state index is 0.0343. The second-order valence-corrected chi connectivity index (χ2v) is 13.0. The van der Waals surface area contributed by atoms with Crippen LogP contribution in [0.4, 0.5) is 14.5 Å². The summed E-state index contributed by atoms with van der Waals surface area (Å²) in [5.74, 6) is -0.621. The highest BCUT2D eigenvalue weighted by atomic mass is 32.2. The summed E-state index contributed by atoms with van der Waals surface area (Å²) in [5.41, 5.74) is 3.35. The Kier molecular flexibility index (Phi) is 6.67. The number of halogens is 2. The summed E-state index contributed by atoms with van der Waals surface area (Å²) in [7, 11) is -3.25. The van der Waals surface area contributed by atoms with Crippen LogP contribution in [-0.2, 0) is 29.4 Å². The molecule has 2 aliphatic rings. The topological polar surface area (TPSA) is 75.6 Å². The first-order valence-corrected chi connectivity index (χ1v) is 14.5. The minimum atomic E-state index is -3.25. The monoisotopic (exact) mass is 542 g/mol. The molecule has 5 rings (SSSR count). The third kappa shape index (κ3) is 5.24. The average molecular weight is 543 g/mol. The highest BCUT2D eigenvalue weighted by molar-refractivity contribution is 7.88. The highest BCUT2D eigenvalue weighted by Gasteiger charge is 2.35. The standard InChI is InChI=1S/C28H32F2N4O3S/c1-17(2)34-16-28(3,4)37-27-22(29)12-21(13-24(27)34)26-23(30)14-31-25(32-26)11-18-6-7-20-15-33(38(5,35)36)9-8-19(20)10-18/h6-7,10,12-14,17H,8-9,11,15-16H2,1-5H3. The third-order valence-electron chi connectivity index (χ3n) is 7.03. The van der Waals surface area contributed by atoms with Crippen molar-refractivity contribution in [1.29, 1.82) is 0 Å². The predicted octanol–water partition coefficient (Wildman–Crippen LogP) is 4.72. The van der Waals surface area contributed by atoms with Crippen molar-refractivity contribution < 1.29 is 21.9 Å². The highest BCUT2D eigenvalue weighted by Crippen LogP contribution is 2.42. The summed E-state index contributed by atoms with van der Waals surface area (Å²) in [6.07, 6.45) is 3.32. The van der Waals surface area contributed by atoms with Crippen molar-refractivity contribution in [3.8, 4) is 17.0 Å². The maximum atomic E-state index is 15.3. The Hall–Kier alpha value is -3.11. The Morgan fingerprint density at radius 2 is 1.87 bits per heavy atom. The Bertz CT molecular complexity index is 1510. The Labute approximate surface area is 222 Å². The summed E-state index contributed by atoms with van der Waals surface area (Å²) in [4.78, 5) is 10.7. The van der Waals surface area contributed by atoms with Gasteiger partial charge in [0.15, 0.2) is 17.4 Å². The molecule has 0 fully saturated rings. The van der Waals surface area contributed by atoms with E-state index in [1.54, 1.807) is 6.07 Å². The number of rotatable bonds is 5. The van der Waals surface area contributed by atoms with Crippen molar-refractivity contribution in [2.75, 3.05) is 24.2 Å². The molecule has 0 spiro atoms. The van der Waals surface area contributed by atoms with E-state index in [1.807, 2.05) is 45.9 Å². The predicted molar refractivity (Wildman–Crippen MR) is 143 cm³/mol. The summed E-state index contributed by atoms with van der Waals surface area (Å²) in [6.45, 7) is 9.23. The van der Waals surface area contributed by atoms with Gasteiger partial charge in [-0.15, -0.1) is 0 Å². The van der Waals surface area contributed by atoms with E-state index in [0.717, 1.165) is 22.9 Å². The molecule has 0 N–H and O–H groups in total. The molecule has 38 heavy (non-hydrogen) atoms. The molecule has 0 saturated carbocycles. The van der Waals surface area contributed by atoms with Crippen molar-refractivity contribution in [2.45, 2.75) is 58.7 Å². The number of fused-ring (bicyclic) bond motifs is 2. The van der Waals surface area contributed by atoms with Crippen molar-refractivity contribution in [2.24, 2.45) is 0 Å². The van der Waals surface area contributed by atoms with E-state index in [1.165, 1.54) is 16.6 Å². The van der Waals surface area contributed by atoms with Gasteiger partial charge in [0.1, 0.15) is 17.1 Å². The molecule has 0 unspecified atom stereocenters. The van der Waals surface area contributed by atoms with Crippen LogP contribution in [0, 0.1) is 11.6 Å². The van der Waals surface area contributed by atoms with Gasteiger partial charge in [0.2, 0.25) is 10.0 Å². The summed E-state index contributed by atoms with van der Waals surface area (Å²) < 4.78 is 61.5. The quantitative estimate of drug-likeness (QED) is 0.465. The fourth-order valence-electron chi connectivity index (χ4n) is 5.14. The van der Waals surface area contributed by atoms with Crippen LogP contribution in [0.3, 0.4) is 0 Å². The lowest BCUT2D eigenvalue weighted by Crippen LogP contribution is -2.49. The summed E-state index contributed by atoms with van der Waals surface area (Å²) in [5, 5.41) is 0. The lowest BCUT2D eigenvalue weighted by Gasteiger charge is -2.43. The first kappa shape index (κ1) is 26.5. The number of sulfonamides is 1. The Morgan fingerprint density at radius 3 is 2.58 bits per heavy atom. The SMILES string of the molecule is CC(C)N1CC(C)(C)Oc2c(F)cc(-c3nc(Cc4ccc5c(c4)CCN(S(C)(=O)=O)C5)ncc3F)cc21. The van der Waals surface area contributed by atoms with Crippen LogP contribution in [0.25, 0.3) is 11.3 Å². The van der Waals surface area contributed by atoms with E-state index in [-0.39, 0.29) is 17.5 Å². The number of benzene rings is 2. The van der Waals surface area contributed by atoms with E-state index in [4.69, 9.17) is 4.74 Å². The molecule has 202 valence electrons. The van der Waals surface area contributed by atoms with Gasteiger partial charge in [-0.2, -0.15) is 4.31 Å². The van der Waals surface area contributed by atoms with Crippen LogP contribution >= 0.6 is 0 Å². The van der Waals surface area contributed by atoms with E-state index < -0.39 is 27.3 Å².